The van der Waals surface area contributed by atoms with E-state index in [4.69, 9.17) is 5.73 Å². The third-order valence-electron chi connectivity index (χ3n) is 5.60. The number of fused-ring (bicyclic) bond motifs is 1. The molecule has 12 heteroatoms. The number of carboxylic acids is 1. The lowest BCUT2D eigenvalue weighted by atomic mass is 10.0. The fraction of sp³-hybridized carbons (Fsp3) is 0.478. The Morgan fingerprint density at radius 2 is 1.57 bits per heavy atom. The zero-order chi connectivity index (χ0) is 26.3. The van der Waals surface area contributed by atoms with Gasteiger partial charge >= 0.3 is 5.97 Å². The Labute approximate surface area is 202 Å². The standard InChI is InChI=1S/C23H33N5O7/c1-11(2)19(23(34)35)28-20(31)16(8-13-9-25-15-7-5-4-6-14(13)15)26-21(32)17(10-29)27-22(33)18(24)12(3)30/h4-7,9,11-12,16-19,25,29-30H,8,10,24H2,1-3H3,(H,26,32)(H,27,33)(H,28,31)(H,34,35). The van der Waals surface area contributed by atoms with Crippen LogP contribution in [0, 0.1) is 5.92 Å². The lowest BCUT2D eigenvalue weighted by Crippen LogP contribution is -2.59. The van der Waals surface area contributed by atoms with Gasteiger partial charge in [0.1, 0.15) is 24.2 Å². The van der Waals surface area contributed by atoms with Crippen molar-refractivity contribution in [2.45, 2.75) is 57.5 Å². The highest BCUT2D eigenvalue weighted by Crippen LogP contribution is 2.19. The van der Waals surface area contributed by atoms with Crippen LogP contribution in [0.5, 0.6) is 0 Å². The van der Waals surface area contributed by atoms with E-state index in [1.54, 1.807) is 20.0 Å². The molecule has 0 bridgehead atoms. The van der Waals surface area contributed by atoms with Gasteiger partial charge in [0, 0.05) is 23.5 Å². The first-order valence-electron chi connectivity index (χ1n) is 11.2. The highest BCUT2D eigenvalue weighted by atomic mass is 16.4. The van der Waals surface area contributed by atoms with Crippen molar-refractivity contribution in [3.05, 3.63) is 36.0 Å². The summed E-state index contributed by atoms with van der Waals surface area (Å²) in [4.78, 5) is 52.8. The van der Waals surface area contributed by atoms with E-state index in [-0.39, 0.29) is 6.42 Å². The van der Waals surface area contributed by atoms with E-state index in [0.29, 0.717) is 5.56 Å². The molecule has 3 amide bonds. The van der Waals surface area contributed by atoms with E-state index in [1.807, 2.05) is 24.3 Å². The zero-order valence-electron chi connectivity index (χ0n) is 19.8. The van der Waals surface area contributed by atoms with Crippen molar-refractivity contribution in [2.24, 2.45) is 11.7 Å². The molecule has 0 saturated heterocycles. The molecule has 0 aliphatic heterocycles. The number of carbonyl (C=O) groups excluding carboxylic acids is 3. The van der Waals surface area contributed by atoms with E-state index in [1.165, 1.54) is 6.92 Å². The Morgan fingerprint density at radius 3 is 2.14 bits per heavy atom. The van der Waals surface area contributed by atoms with Crippen LogP contribution in [0.1, 0.15) is 26.3 Å². The molecule has 9 N–H and O–H groups in total. The molecular formula is C23H33N5O7. The van der Waals surface area contributed by atoms with Gasteiger partial charge in [-0.15, -0.1) is 0 Å². The Bertz CT molecular complexity index is 1050. The zero-order valence-corrected chi connectivity index (χ0v) is 19.8. The number of hydrogen-bond donors (Lipinski definition) is 8. The van der Waals surface area contributed by atoms with Crippen LogP contribution >= 0.6 is 0 Å². The molecule has 192 valence electrons. The second-order valence-electron chi connectivity index (χ2n) is 8.70. The molecule has 5 unspecified atom stereocenters. The topological polar surface area (TPSA) is 207 Å². The van der Waals surface area contributed by atoms with Crippen LogP contribution < -0.4 is 21.7 Å². The fourth-order valence-corrected chi connectivity index (χ4v) is 3.45. The molecule has 2 rings (SSSR count). The Hall–Kier alpha value is -3.48. The van der Waals surface area contributed by atoms with Crippen LogP contribution in [0.3, 0.4) is 0 Å². The first-order valence-corrected chi connectivity index (χ1v) is 11.2. The van der Waals surface area contributed by atoms with Crippen molar-refractivity contribution in [3.63, 3.8) is 0 Å². The minimum absolute atomic E-state index is 0.00526. The van der Waals surface area contributed by atoms with Gasteiger partial charge in [-0.25, -0.2) is 4.79 Å². The summed E-state index contributed by atoms with van der Waals surface area (Å²) in [5, 5.41) is 36.6. The molecule has 0 aliphatic rings. The third-order valence-corrected chi connectivity index (χ3v) is 5.60. The monoisotopic (exact) mass is 491 g/mol. The number of aliphatic carboxylic acids is 1. The number of aliphatic hydroxyl groups excluding tert-OH is 2. The quantitative estimate of drug-likeness (QED) is 0.177. The van der Waals surface area contributed by atoms with Gasteiger partial charge in [0.15, 0.2) is 0 Å². The SMILES string of the molecule is CC(C)C(NC(=O)C(Cc1c[nH]c2ccccc12)NC(=O)C(CO)NC(=O)C(N)C(C)O)C(=O)O. The second-order valence-corrected chi connectivity index (χ2v) is 8.70. The summed E-state index contributed by atoms with van der Waals surface area (Å²) in [6.45, 7) is 3.77. The lowest BCUT2D eigenvalue weighted by Gasteiger charge is -2.25. The number of amides is 3. The Kier molecular flexibility index (Phi) is 9.75. The summed E-state index contributed by atoms with van der Waals surface area (Å²) in [5.74, 6) is -4.13. The van der Waals surface area contributed by atoms with Crippen molar-refractivity contribution in [1.29, 1.82) is 0 Å². The maximum atomic E-state index is 13.1. The molecule has 1 aromatic carbocycles. The lowest BCUT2D eigenvalue weighted by molar-refractivity contribution is -0.143. The maximum absolute atomic E-state index is 13.1. The van der Waals surface area contributed by atoms with Gasteiger partial charge in [-0.05, 0) is 24.5 Å². The molecule has 12 nitrogen and oxygen atoms in total. The molecule has 2 aromatic rings. The minimum Gasteiger partial charge on any atom is -0.480 e. The molecule has 1 aromatic heterocycles. The van der Waals surface area contributed by atoms with Gasteiger partial charge in [-0.1, -0.05) is 32.0 Å². The van der Waals surface area contributed by atoms with Crippen LogP contribution in [0.2, 0.25) is 0 Å². The number of para-hydroxylation sites is 1. The molecule has 0 radical (unpaired) electrons. The van der Waals surface area contributed by atoms with Gasteiger partial charge in [-0.2, -0.15) is 0 Å². The van der Waals surface area contributed by atoms with Crippen LogP contribution in [-0.4, -0.2) is 80.9 Å². The molecule has 0 aliphatic carbocycles. The van der Waals surface area contributed by atoms with Gasteiger partial charge < -0.3 is 42.0 Å². The molecule has 0 fully saturated rings. The van der Waals surface area contributed by atoms with E-state index in [2.05, 4.69) is 20.9 Å². The summed E-state index contributed by atoms with van der Waals surface area (Å²) in [6, 6.07) is 2.13. The van der Waals surface area contributed by atoms with E-state index in [9.17, 15) is 34.5 Å². The second kappa shape index (κ2) is 12.3. The van der Waals surface area contributed by atoms with Crippen molar-refractivity contribution >= 4 is 34.6 Å². The average Bonchev–Trinajstić information content (AvgIpc) is 3.21. The van der Waals surface area contributed by atoms with E-state index < -0.39 is 66.5 Å². The number of nitrogens with one attached hydrogen (secondary N) is 4. The molecule has 35 heavy (non-hydrogen) atoms. The highest BCUT2D eigenvalue weighted by molar-refractivity contribution is 5.95. The van der Waals surface area contributed by atoms with Crippen LogP contribution in [0.4, 0.5) is 0 Å². The predicted octanol–water partition coefficient (Wildman–Crippen LogP) is -1.39. The number of aromatic amines is 1. The van der Waals surface area contributed by atoms with Crippen molar-refractivity contribution < 1.29 is 34.5 Å². The Morgan fingerprint density at radius 1 is 0.971 bits per heavy atom. The summed E-state index contributed by atoms with van der Waals surface area (Å²) in [7, 11) is 0. The summed E-state index contributed by atoms with van der Waals surface area (Å²) in [5.41, 5.74) is 7.07. The Balaban J connectivity index is 2.28. The molecule has 0 spiro atoms. The average molecular weight is 492 g/mol. The van der Waals surface area contributed by atoms with E-state index >= 15 is 0 Å². The molecule has 0 saturated carbocycles. The number of aromatic nitrogens is 1. The number of hydrogen-bond acceptors (Lipinski definition) is 7. The number of rotatable bonds is 12. The van der Waals surface area contributed by atoms with Crippen molar-refractivity contribution in [2.75, 3.05) is 6.61 Å². The van der Waals surface area contributed by atoms with Crippen LogP contribution in [0.15, 0.2) is 30.5 Å². The normalized spacial score (nSPS) is 15.6. The third kappa shape index (κ3) is 7.25. The molecule has 5 atom stereocenters. The summed E-state index contributed by atoms with van der Waals surface area (Å²) >= 11 is 0. The number of carbonyl (C=O) groups is 4. The predicted molar refractivity (Wildman–Crippen MR) is 127 cm³/mol. The highest BCUT2D eigenvalue weighted by Gasteiger charge is 2.32. The summed E-state index contributed by atoms with van der Waals surface area (Å²) < 4.78 is 0. The van der Waals surface area contributed by atoms with Gasteiger partial charge in [0.25, 0.3) is 0 Å². The molecular weight excluding hydrogens is 458 g/mol. The number of benzene rings is 1. The van der Waals surface area contributed by atoms with Crippen LogP contribution in [-0.2, 0) is 25.6 Å². The van der Waals surface area contributed by atoms with Crippen LogP contribution in [0.25, 0.3) is 10.9 Å². The largest absolute Gasteiger partial charge is 0.480 e. The molecule has 1 heterocycles. The number of aliphatic hydroxyl groups is 2. The number of carboxylic acid groups (broad SMARTS) is 1. The van der Waals surface area contributed by atoms with Crippen molar-refractivity contribution in [1.82, 2.24) is 20.9 Å². The minimum atomic E-state index is -1.45. The maximum Gasteiger partial charge on any atom is 0.326 e. The number of H-pyrrole nitrogens is 1. The first-order chi connectivity index (χ1) is 16.5. The summed E-state index contributed by atoms with van der Waals surface area (Å²) in [6.07, 6.45) is 0.494. The van der Waals surface area contributed by atoms with Crippen molar-refractivity contribution in [3.8, 4) is 0 Å². The van der Waals surface area contributed by atoms with Gasteiger partial charge in [0.05, 0.1) is 12.7 Å². The number of nitrogens with two attached hydrogens (primary N) is 1. The fourth-order valence-electron chi connectivity index (χ4n) is 3.45. The first kappa shape index (κ1) is 27.8. The van der Waals surface area contributed by atoms with E-state index in [0.717, 1.165) is 10.9 Å². The van der Waals surface area contributed by atoms with Gasteiger partial charge in [0.2, 0.25) is 17.7 Å². The van der Waals surface area contributed by atoms with Gasteiger partial charge in [-0.3, -0.25) is 14.4 Å². The smallest absolute Gasteiger partial charge is 0.326 e.